The van der Waals surface area contributed by atoms with E-state index in [4.69, 9.17) is 0 Å². The Hall–Kier alpha value is 0.959. The Morgan fingerprint density at radius 3 is 2.57 bits per heavy atom. The Kier molecular flexibility index (Phi) is 6.76. The van der Waals surface area contributed by atoms with E-state index in [1.54, 1.807) is 0 Å². The molecule has 0 amide bonds. The third kappa shape index (κ3) is 5.16. The van der Waals surface area contributed by atoms with Gasteiger partial charge < -0.3 is 0 Å². The third-order valence-electron chi connectivity index (χ3n) is 1.38. The summed E-state index contributed by atoms with van der Waals surface area (Å²) in [6, 6.07) is 8.56. The van der Waals surface area contributed by atoms with Crippen LogP contribution in [0.3, 0.4) is 0 Å². The molecule has 0 aliphatic carbocycles. The molecule has 0 N–H and O–H groups in total. The maximum absolute atomic E-state index is 3.61. The Morgan fingerprint density at radius 1 is 1.36 bits per heavy atom. The van der Waals surface area contributed by atoms with Gasteiger partial charge in [0, 0.05) is 0 Å². The molecule has 0 aromatic heterocycles. The van der Waals surface area contributed by atoms with Crippen LogP contribution < -0.4 is 4.46 Å². The third-order valence-corrected chi connectivity index (χ3v) is 8.08. The van der Waals surface area contributed by atoms with Gasteiger partial charge in [-0.1, -0.05) is 0 Å². The molecular weight excluding hydrogens is 438 g/mol. The molecule has 0 atom stereocenters. The molecule has 14 heavy (non-hydrogen) atoms. The Balaban J connectivity index is 2.53. The van der Waals surface area contributed by atoms with Gasteiger partial charge >= 0.3 is 116 Å². The average molecular weight is 448 g/mol. The van der Waals surface area contributed by atoms with Gasteiger partial charge in [-0.05, 0) is 0 Å². The molecule has 0 radical (unpaired) electrons. The van der Waals surface area contributed by atoms with E-state index in [1.807, 2.05) is 0 Å². The van der Waals surface area contributed by atoms with E-state index in [0.29, 0.717) is 29.9 Å². The van der Waals surface area contributed by atoms with Gasteiger partial charge in [-0.3, -0.25) is 0 Å². The number of rotatable bonds is 4. The van der Waals surface area contributed by atoms with E-state index in [-0.39, 0.29) is 0 Å². The molecule has 0 spiro atoms. The van der Waals surface area contributed by atoms with Gasteiger partial charge in [0.1, 0.15) is 0 Å². The van der Waals surface area contributed by atoms with Crippen molar-refractivity contribution in [1.29, 1.82) is 0 Å². The topological polar surface area (TPSA) is 0 Å². The van der Waals surface area contributed by atoms with Crippen LogP contribution in [0.2, 0.25) is 5.32 Å². The number of hydrogen-bond donors (Lipinski definition) is 0. The summed E-state index contributed by atoms with van der Waals surface area (Å²) in [5, 5.41) is 1.26. The first-order valence-corrected chi connectivity index (χ1v) is 9.63. The summed E-state index contributed by atoms with van der Waals surface area (Å²) < 4.78 is 3.97. The fourth-order valence-electron chi connectivity index (χ4n) is 0.799. The number of benzene rings is 1. The van der Waals surface area contributed by atoms with Gasteiger partial charge in [-0.15, -0.1) is 0 Å². The minimum absolute atomic E-state index is 0.469. The van der Waals surface area contributed by atoms with Gasteiger partial charge in [-0.25, -0.2) is 0 Å². The normalized spacial score (nSPS) is 11.8. The van der Waals surface area contributed by atoms with Crippen molar-refractivity contribution in [3.63, 3.8) is 0 Å². The first kappa shape index (κ1) is 13.0. The van der Waals surface area contributed by atoms with Crippen molar-refractivity contribution >= 4 is 66.2 Å². The zero-order chi connectivity index (χ0) is 10.4. The Bertz CT molecular complexity index is 306. The molecule has 0 aliphatic rings. The summed E-state index contributed by atoms with van der Waals surface area (Å²) in [5.74, 6) is 0. The molecule has 1 aromatic carbocycles. The quantitative estimate of drug-likeness (QED) is 0.622. The predicted molar refractivity (Wildman–Crippen MR) is 72.8 cm³/mol. The molecule has 0 fully saturated rings. The van der Waals surface area contributed by atoms with Crippen LogP contribution in [0.1, 0.15) is 6.92 Å². The van der Waals surface area contributed by atoms with Crippen molar-refractivity contribution < 1.29 is 0 Å². The molecule has 0 aliphatic heterocycles. The maximum atomic E-state index is 3.61. The molecule has 0 bridgehead atoms. The first-order chi connectivity index (χ1) is 6.72. The molecule has 4 heteroatoms. The fourth-order valence-corrected chi connectivity index (χ4v) is 5.82. The van der Waals surface area contributed by atoms with E-state index >= 15 is 0 Å². The molecule has 0 saturated carbocycles. The van der Waals surface area contributed by atoms with E-state index in [2.05, 4.69) is 68.0 Å². The van der Waals surface area contributed by atoms with Crippen molar-refractivity contribution in [2.45, 2.75) is 12.2 Å². The standard InChI is InChI=1S/C10H10Br2Se2/c1-2-13-10(12)7-14-9-5-3-8(11)4-6-9/h3-7H,2H2,1H3/b10-7-. The predicted octanol–water partition coefficient (Wildman–Crippen LogP) is 3.11. The van der Waals surface area contributed by atoms with Crippen LogP contribution in [-0.2, 0) is 0 Å². The van der Waals surface area contributed by atoms with E-state index in [9.17, 15) is 0 Å². The van der Waals surface area contributed by atoms with Crippen LogP contribution in [0.15, 0.2) is 37.1 Å². The van der Waals surface area contributed by atoms with Gasteiger partial charge in [0.05, 0.1) is 0 Å². The SMILES string of the molecule is CC[Se]/C(Br)=C\[Se]c1ccc(Br)cc1. The van der Waals surface area contributed by atoms with Crippen LogP contribution in [0.4, 0.5) is 0 Å². The second kappa shape index (κ2) is 7.27. The van der Waals surface area contributed by atoms with Gasteiger partial charge in [0.25, 0.3) is 0 Å². The number of halogens is 2. The molecule has 76 valence electrons. The Morgan fingerprint density at radius 2 is 2.00 bits per heavy atom. The molecule has 0 heterocycles. The Labute approximate surface area is 114 Å². The van der Waals surface area contributed by atoms with Gasteiger partial charge in [0.2, 0.25) is 0 Å². The van der Waals surface area contributed by atoms with Crippen LogP contribution in [-0.4, -0.2) is 29.9 Å². The van der Waals surface area contributed by atoms with Crippen molar-refractivity contribution in [2.75, 3.05) is 0 Å². The fraction of sp³-hybridized carbons (Fsp3) is 0.200. The monoisotopic (exact) mass is 448 g/mol. The molecule has 0 unspecified atom stereocenters. The van der Waals surface area contributed by atoms with Crippen LogP contribution in [0.5, 0.6) is 0 Å². The second-order valence-corrected chi connectivity index (χ2v) is 10.1. The van der Waals surface area contributed by atoms with E-state index in [0.717, 1.165) is 4.47 Å². The zero-order valence-corrected chi connectivity index (χ0v) is 14.3. The molecular formula is C10H10Br2Se2. The van der Waals surface area contributed by atoms with Crippen LogP contribution in [0.25, 0.3) is 0 Å². The van der Waals surface area contributed by atoms with Gasteiger partial charge in [-0.2, -0.15) is 0 Å². The van der Waals surface area contributed by atoms with Crippen molar-refractivity contribution in [1.82, 2.24) is 0 Å². The molecule has 0 nitrogen and oxygen atoms in total. The van der Waals surface area contributed by atoms with E-state index in [1.165, 1.54) is 13.2 Å². The van der Waals surface area contributed by atoms with E-state index < -0.39 is 0 Å². The minimum atomic E-state index is 0.469. The summed E-state index contributed by atoms with van der Waals surface area (Å²) in [6.07, 6.45) is 0. The average Bonchev–Trinajstić information content (AvgIpc) is 2.17. The summed E-state index contributed by atoms with van der Waals surface area (Å²) in [7, 11) is 0. The molecule has 1 aromatic rings. The zero-order valence-electron chi connectivity index (χ0n) is 7.67. The van der Waals surface area contributed by atoms with Crippen molar-refractivity contribution in [2.24, 2.45) is 0 Å². The number of hydrogen-bond acceptors (Lipinski definition) is 0. The van der Waals surface area contributed by atoms with Crippen LogP contribution in [0, 0.1) is 0 Å². The first-order valence-electron chi connectivity index (χ1n) is 4.13. The summed E-state index contributed by atoms with van der Waals surface area (Å²) in [4.78, 5) is 2.33. The van der Waals surface area contributed by atoms with Crippen molar-refractivity contribution in [3.8, 4) is 0 Å². The van der Waals surface area contributed by atoms with Gasteiger partial charge in [0.15, 0.2) is 0 Å². The summed E-state index contributed by atoms with van der Waals surface area (Å²) >= 11 is 8.15. The van der Waals surface area contributed by atoms with Crippen molar-refractivity contribution in [3.05, 3.63) is 37.1 Å². The second-order valence-electron chi connectivity index (χ2n) is 2.43. The summed E-state index contributed by atoms with van der Waals surface area (Å²) in [5.41, 5.74) is 0. The van der Waals surface area contributed by atoms with Crippen LogP contribution >= 0.6 is 31.9 Å². The summed E-state index contributed by atoms with van der Waals surface area (Å²) in [6.45, 7) is 2.22. The molecule has 1 rings (SSSR count). The molecule has 0 saturated heterocycles.